The van der Waals surface area contributed by atoms with Gasteiger partial charge in [-0.05, 0) is 101 Å². The third-order valence-electron chi connectivity index (χ3n) is 9.13. The van der Waals surface area contributed by atoms with Crippen LogP contribution in [0.15, 0.2) is 72.8 Å². The number of ether oxygens (including phenoxy) is 4. The van der Waals surface area contributed by atoms with E-state index in [-0.39, 0.29) is 17.5 Å². The van der Waals surface area contributed by atoms with Crippen LogP contribution in [-0.4, -0.2) is 115 Å². The Bertz CT molecular complexity index is 1480. The molecule has 0 amide bonds. The van der Waals surface area contributed by atoms with Gasteiger partial charge in [-0.1, -0.05) is 43.3 Å². The number of methoxy groups -OCH3 is 1. The summed E-state index contributed by atoms with van der Waals surface area (Å²) < 4.78 is 71.0. The van der Waals surface area contributed by atoms with E-state index < -0.39 is 26.4 Å². The van der Waals surface area contributed by atoms with E-state index in [4.69, 9.17) is 58.8 Å². The zero-order valence-corrected chi connectivity index (χ0v) is 41.1. The van der Waals surface area contributed by atoms with E-state index in [1.54, 1.807) is 71.1 Å². The minimum absolute atomic E-state index is 0.147. The molecule has 0 radical (unpaired) electrons. The van der Waals surface area contributed by atoms with Crippen molar-refractivity contribution in [3.8, 4) is 17.2 Å². The van der Waals surface area contributed by atoms with E-state index in [0.717, 1.165) is 40.4 Å². The fraction of sp³-hybridized carbons (Fsp3) is 0.571. The maximum atomic E-state index is 5.93. The van der Waals surface area contributed by atoms with Crippen LogP contribution in [0.5, 0.6) is 17.2 Å². The van der Waals surface area contributed by atoms with E-state index >= 15 is 0 Å². The second-order valence-electron chi connectivity index (χ2n) is 14.7. The summed E-state index contributed by atoms with van der Waals surface area (Å²) in [6, 6.07) is 25.6. The largest absolute Gasteiger partial charge is 0.504 e. The Kier molecular flexibility index (Phi) is 23.7. The van der Waals surface area contributed by atoms with Crippen LogP contribution in [0.3, 0.4) is 0 Å². The first-order valence-electron chi connectivity index (χ1n) is 19.1. The average Bonchev–Trinajstić information content (AvgIpc) is 3.23. The third-order valence-corrected chi connectivity index (χ3v) is 17.3. The van der Waals surface area contributed by atoms with Gasteiger partial charge in [0.1, 0.15) is 28.5 Å². The van der Waals surface area contributed by atoms with Crippen LogP contribution < -0.4 is 14.2 Å². The normalized spacial score (nSPS) is 12.8. The Morgan fingerprint density at radius 3 is 0.948 bits per heavy atom. The second-order valence-corrected chi connectivity index (χ2v) is 23.5. The summed E-state index contributed by atoms with van der Waals surface area (Å²) in [6.07, 6.45) is 0.693. The first-order valence-corrected chi connectivity index (χ1v) is 24.9. The molecule has 3 aromatic carbocycles. The molecule has 0 bridgehead atoms. The van der Waals surface area contributed by atoms with Crippen molar-refractivity contribution in [2.24, 2.45) is 0 Å². The molecule has 0 saturated carbocycles. The predicted molar refractivity (Wildman–Crippen MR) is 233 cm³/mol. The lowest BCUT2D eigenvalue weighted by atomic mass is 10.1. The van der Waals surface area contributed by atoms with Crippen LogP contribution >= 0.6 is 0 Å². The zero-order chi connectivity index (χ0) is 44.0. The number of rotatable bonds is 22. The molecule has 1 atom stereocenters. The maximum absolute atomic E-state index is 5.93. The fourth-order valence-electron chi connectivity index (χ4n) is 5.17. The highest BCUT2D eigenvalue weighted by Crippen LogP contribution is 2.24. The minimum Gasteiger partial charge on any atom is -0.488 e. The third kappa shape index (κ3) is 18.7. The molecule has 0 aliphatic heterocycles. The molecule has 0 aliphatic carbocycles. The monoisotopic (exact) mass is 868 g/mol. The number of hydrogen-bond acceptors (Lipinski definition) is 13. The molecule has 58 heavy (non-hydrogen) atoms. The van der Waals surface area contributed by atoms with Crippen LogP contribution in [0.1, 0.15) is 71.6 Å². The van der Waals surface area contributed by atoms with Crippen molar-refractivity contribution in [1.29, 1.82) is 0 Å². The first kappa shape index (κ1) is 53.3. The topological polar surface area (TPSA) is 120 Å². The van der Waals surface area contributed by atoms with Crippen LogP contribution in [-0.2, 0) is 62.7 Å². The van der Waals surface area contributed by atoms with Gasteiger partial charge in [-0.15, -0.1) is 0 Å². The quantitative estimate of drug-likeness (QED) is 0.0716. The summed E-state index contributed by atoms with van der Waals surface area (Å²) in [6.45, 7) is 14.2. The molecule has 3 aromatic rings. The molecule has 0 saturated heterocycles. The Balaban J connectivity index is 0.000000435. The van der Waals surface area contributed by atoms with Gasteiger partial charge in [-0.2, -0.15) is 0 Å². The van der Waals surface area contributed by atoms with E-state index in [0.29, 0.717) is 18.1 Å². The summed E-state index contributed by atoms with van der Waals surface area (Å²) in [5, 5.41) is 0. The molecule has 0 aliphatic rings. The molecule has 3 rings (SSSR count). The van der Waals surface area contributed by atoms with Crippen LogP contribution in [0.25, 0.3) is 0 Å². The Morgan fingerprint density at radius 1 is 0.431 bits per heavy atom. The van der Waals surface area contributed by atoms with Gasteiger partial charge >= 0.3 is 26.4 Å². The van der Waals surface area contributed by atoms with Crippen LogP contribution in [0, 0.1) is 0 Å². The molecule has 0 spiro atoms. The molecule has 0 heterocycles. The van der Waals surface area contributed by atoms with Gasteiger partial charge in [-0.25, -0.2) is 0 Å². The van der Waals surface area contributed by atoms with Gasteiger partial charge in [0.05, 0.1) is 0 Å². The van der Waals surface area contributed by atoms with E-state index in [1.807, 2.05) is 100 Å². The molecule has 16 heteroatoms. The van der Waals surface area contributed by atoms with Crippen molar-refractivity contribution >= 4 is 26.4 Å². The molecule has 13 nitrogen and oxygen atoms in total. The van der Waals surface area contributed by atoms with Crippen molar-refractivity contribution in [2.45, 2.75) is 90.5 Å². The van der Waals surface area contributed by atoms with Crippen molar-refractivity contribution < 1.29 is 58.8 Å². The van der Waals surface area contributed by atoms with Crippen molar-refractivity contribution in [2.75, 3.05) is 71.1 Å². The first-order chi connectivity index (χ1) is 27.3. The summed E-state index contributed by atoms with van der Waals surface area (Å²) in [5.41, 5.74) is 2.97. The molecular weight excluding hydrogens is 797 g/mol. The SMILES string of the molecule is CCC(C)(C)Oc1ccc(C[Si](OC)(OC)OC)cc1.COC(C)Oc1ccc(C[Si](OC)(OC)OC)cc1.CO[Si](Cc1ccc(OC(C)(C)C)cc1)(OC)OC. The van der Waals surface area contributed by atoms with Gasteiger partial charge in [0.2, 0.25) is 0 Å². The standard InChI is InChI=1S/C15H26O4Si.C14H24O4Si.C13H22O5Si/c1-7-15(2,3)19-14-10-8-13(9-11-14)12-20(16-4,17-5)18-6;1-14(2,3)18-13-9-7-12(8-10-13)11-19(15-4,16-5)17-6;1-11(14-2)18-13-8-6-12(7-9-13)10-19(15-3,16-4)17-5/h8-11H,7,12H2,1-6H3;7-10H,11H2,1-6H3;6-9,11H,10H2,1-5H3. The van der Waals surface area contributed by atoms with Crippen molar-refractivity contribution in [3.05, 3.63) is 89.5 Å². The lowest BCUT2D eigenvalue weighted by Gasteiger charge is -2.26. The van der Waals surface area contributed by atoms with Crippen LogP contribution in [0.4, 0.5) is 0 Å². The predicted octanol–water partition coefficient (Wildman–Crippen LogP) is 8.06. The highest BCUT2D eigenvalue weighted by molar-refractivity contribution is 6.60. The summed E-state index contributed by atoms with van der Waals surface area (Å²) in [4.78, 5) is 0. The Morgan fingerprint density at radius 2 is 0.707 bits per heavy atom. The fourth-order valence-corrected chi connectivity index (χ4v) is 10.2. The molecule has 1 unspecified atom stereocenters. The highest BCUT2D eigenvalue weighted by atomic mass is 28.4. The molecule has 0 fully saturated rings. The molecule has 330 valence electrons. The van der Waals surface area contributed by atoms with Gasteiger partial charge < -0.3 is 58.8 Å². The average molecular weight is 869 g/mol. The number of benzene rings is 3. The summed E-state index contributed by atoms with van der Waals surface area (Å²) in [7, 11) is 8.46. The Labute approximate surface area is 352 Å². The van der Waals surface area contributed by atoms with E-state index in [9.17, 15) is 0 Å². The van der Waals surface area contributed by atoms with Gasteiger partial charge in [0.15, 0.2) is 6.29 Å². The smallest absolute Gasteiger partial charge is 0.488 e. The summed E-state index contributed by atoms with van der Waals surface area (Å²) >= 11 is 0. The summed E-state index contributed by atoms with van der Waals surface area (Å²) in [5.74, 6) is 2.49. The van der Waals surface area contributed by atoms with Crippen LogP contribution in [0.2, 0.25) is 0 Å². The highest BCUT2D eigenvalue weighted by Gasteiger charge is 2.39. The van der Waals surface area contributed by atoms with Gasteiger partial charge in [0.25, 0.3) is 0 Å². The second kappa shape index (κ2) is 25.8. The van der Waals surface area contributed by atoms with Crippen molar-refractivity contribution in [1.82, 2.24) is 0 Å². The Hall–Kier alpha value is -2.69. The van der Waals surface area contributed by atoms with Crippen molar-refractivity contribution in [3.63, 3.8) is 0 Å². The molecule has 0 N–H and O–H groups in total. The van der Waals surface area contributed by atoms with E-state index in [1.165, 1.54) is 0 Å². The lowest BCUT2D eigenvalue weighted by Crippen LogP contribution is -2.45. The lowest BCUT2D eigenvalue weighted by molar-refractivity contribution is -0.0382. The van der Waals surface area contributed by atoms with Gasteiger partial charge in [-0.3, -0.25) is 0 Å². The van der Waals surface area contributed by atoms with Gasteiger partial charge in [0, 0.05) is 89.2 Å². The van der Waals surface area contributed by atoms with E-state index in [2.05, 4.69) is 20.8 Å². The maximum Gasteiger partial charge on any atom is 0.504 e. The zero-order valence-electron chi connectivity index (χ0n) is 38.1. The minimum atomic E-state index is -2.58. The molecular formula is C42H72O13Si3. The number of hydrogen-bond donors (Lipinski definition) is 0. The molecule has 0 aromatic heterocycles.